The fourth-order valence-corrected chi connectivity index (χ4v) is 3.34. The van der Waals surface area contributed by atoms with E-state index in [1.54, 1.807) is 19.2 Å². The van der Waals surface area contributed by atoms with E-state index in [0.717, 1.165) is 11.3 Å². The number of halogens is 1. The van der Waals surface area contributed by atoms with Gasteiger partial charge in [-0.3, -0.25) is 10.2 Å². The molecule has 0 saturated heterocycles. The van der Waals surface area contributed by atoms with E-state index in [2.05, 4.69) is 16.9 Å². The summed E-state index contributed by atoms with van der Waals surface area (Å²) in [6.07, 6.45) is 0. The van der Waals surface area contributed by atoms with Crippen LogP contribution in [0.4, 0.5) is 17.1 Å². The third kappa shape index (κ3) is 5.58. The van der Waals surface area contributed by atoms with Crippen molar-refractivity contribution in [2.45, 2.75) is 19.8 Å². The highest BCUT2D eigenvalue weighted by Gasteiger charge is 2.14. The summed E-state index contributed by atoms with van der Waals surface area (Å²) >= 11 is 6.17. The van der Waals surface area contributed by atoms with Gasteiger partial charge in [0.05, 0.1) is 41.9 Å². The van der Waals surface area contributed by atoms with Crippen LogP contribution in [0.1, 0.15) is 16.8 Å². The van der Waals surface area contributed by atoms with Gasteiger partial charge >= 0.3 is 0 Å². The van der Waals surface area contributed by atoms with Crippen LogP contribution in [-0.4, -0.2) is 23.8 Å². The van der Waals surface area contributed by atoms with Gasteiger partial charge in [0.15, 0.2) is 0 Å². The van der Waals surface area contributed by atoms with Crippen molar-refractivity contribution in [2.75, 3.05) is 29.8 Å². The van der Waals surface area contributed by atoms with Gasteiger partial charge < -0.3 is 24.7 Å². The molecule has 0 aliphatic rings. The molecule has 0 aliphatic heterocycles. The van der Waals surface area contributed by atoms with Crippen LogP contribution in [0.25, 0.3) is 0 Å². The predicted molar refractivity (Wildman–Crippen MR) is 126 cm³/mol. The molecule has 0 unspecified atom stereocenters. The lowest BCUT2D eigenvalue weighted by Crippen LogP contribution is -2.25. The second-order valence-electron chi connectivity index (χ2n) is 7.33. The number of para-hydroxylation sites is 1. The number of ether oxygens (including phenoxy) is 1. The molecule has 7 nitrogen and oxygen atoms in total. The van der Waals surface area contributed by atoms with E-state index in [1.807, 2.05) is 49.3 Å². The van der Waals surface area contributed by atoms with Crippen molar-refractivity contribution >= 4 is 28.7 Å². The summed E-state index contributed by atoms with van der Waals surface area (Å²) in [4.78, 5) is 14.5. The Morgan fingerprint density at radius 1 is 1.03 bits per heavy atom. The van der Waals surface area contributed by atoms with Crippen molar-refractivity contribution in [3.8, 4) is 0 Å². The molecule has 0 spiro atoms. The van der Waals surface area contributed by atoms with Crippen LogP contribution in [0, 0.1) is 0 Å². The first-order valence-electron chi connectivity index (χ1n) is 9.84. The summed E-state index contributed by atoms with van der Waals surface area (Å²) < 4.78 is 7.39. The van der Waals surface area contributed by atoms with Crippen LogP contribution in [0.5, 0.6) is 0 Å². The van der Waals surface area contributed by atoms with Gasteiger partial charge in [0, 0.05) is 38.5 Å². The standard InChI is InChI=1S/C23H27ClN4O3/c1-27(2)17-8-6-7-16(11-17)14-31-15-22-18(13-29)21(12-23(30)28(22)3)26-25-20-10-5-4-9-19(20)24/h4-12,25-26,29H,13-15H2,1-3H3. The molecule has 0 saturated carbocycles. The highest BCUT2D eigenvalue weighted by molar-refractivity contribution is 6.33. The Labute approximate surface area is 186 Å². The number of anilines is 3. The number of nitrogens with one attached hydrogen (secondary N) is 2. The molecular formula is C23H27ClN4O3. The second-order valence-corrected chi connectivity index (χ2v) is 7.73. The van der Waals surface area contributed by atoms with Crippen molar-refractivity contribution in [3.05, 3.63) is 86.8 Å². The summed E-state index contributed by atoms with van der Waals surface area (Å²) in [5.74, 6) is 0. The monoisotopic (exact) mass is 442 g/mol. The Kier molecular flexibility index (Phi) is 7.57. The number of hydrazine groups is 1. The zero-order valence-corrected chi connectivity index (χ0v) is 18.6. The van der Waals surface area contributed by atoms with Gasteiger partial charge in [-0.25, -0.2) is 0 Å². The van der Waals surface area contributed by atoms with Gasteiger partial charge in [0.1, 0.15) is 0 Å². The number of benzene rings is 2. The largest absolute Gasteiger partial charge is 0.392 e. The molecule has 0 bridgehead atoms. The average molecular weight is 443 g/mol. The molecule has 0 aliphatic carbocycles. The second kappa shape index (κ2) is 10.3. The molecule has 31 heavy (non-hydrogen) atoms. The number of aliphatic hydroxyl groups is 1. The highest BCUT2D eigenvalue weighted by atomic mass is 35.5. The summed E-state index contributed by atoms with van der Waals surface area (Å²) in [5.41, 5.74) is 10.2. The molecular weight excluding hydrogens is 416 g/mol. The normalized spacial score (nSPS) is 10.7. The number of nitrogens with zero attached hydrogens (tertiary/aromatic N) is 2. The van der Waals surface area contributed by atoms with Crippen LogP contribution >= 0.6 is 11.6 Å². The van der Waals surface area contributed by atoms with Gasteiger partial charge in [0.25, 0.3) is 5.56 Å². The topological polar surface area (TPSA) is 78.8 Å². The minimum atomic E-state index is -0.255. The van der Waals surface area contributed by atoms with E-state index in [-0.39, 0.29) is 18.8 Å². The first-order valence-corrected chi connectivity index (χ1v) is 10.2. The Morgan fingerprint density at radius 2 is 1.77 bits per heavy atom. The van der Waals surface area contributed by atoms with Crippen molar-refractivity contribution in [1.29, 1.82) is 0 Å². The molecule has 2 aromatic carbocycles. The number of hydrogen-bond donors (Lipinski definition) is 3. The molecule has 3 aromatic rings. The maximum atomic E-state index is 12.5. The SMILES string of the molecule is CN(C)c1cccc(COCc2c(CO)c(NNc3ccccc3Cl)cc(=O)n2C)c1. The quantitative estimate of drug-likeness (QED) is 0.438. The van der Waals surface area contributed by atoms with E-state index in [9.17, 15) is 9.90 Å². The first-order chi connectivity index (χ1) is 14.9. The lowest BCUT2D eigenvalue weighted by Gasteiger charge is -2.19. The van der Waals surface area contributed by atoms with E-state index in [0.29, 0.717) is 34.3 Å². The van der Waals surface area contributed by atoms with Crippen LogP contribution < -0.4 is 21.3 Å². The third-order valence-electron chi connectivity index (χ3n) is 4.98. The molecule has 1 heterocycles. The fourth-order valence-electron chi connectivity index (χ4n) is 3.16. The minimum Gasteiger partial charge on any atom is -0.392 e. The molecule has 8 heteroatoms. The summed E-state index contributed by atoms with van der Waals surface area (Å²) in [6.45, 7) is 0.307. The predicted octanol–water partition coefficient (Wildman–Crippen LogP) is 3.75. The van der Waals surface area contributed by atoms with Crippen molar-refractivity contribution < 1.29 is 9.84 Å². The van der Waals surface area contributed by atoms with Gasteiger partial charge in [-0.15, -0.1) is 0 Å². The van der Waals surface area contributed by atoms with Crippen LogP contribution in [0.3, 0.4) is 0 Å². The Bertz CT molecular complexity index is 1100. The Hall–Kier alpha value is -3.00. The molecule has 1 aromatic heterocycles. The van der Waals surface area contributed by atoms with Crippen LogP contribution in [0.2, 0.25) is 5.02 Å². The number of pyridine rings is 1. The smallest absolute Gasteiger partial charge is 0.252 e. The van der Waals surface area contributed by atoms with Crippen molar-refractivity contribution in [1.82, 2.24) is 4.57 Å². The lowest BCUT2D eigenvalue weighted by molar-refractivity contribution is 0.100. The summed E-state index contributed by atoms with van der Waals surface area (Å²) in [7, 11) is 5.63. The van der Waals surface area contributed by atoms with Crippen LogP contribution in [0.15, 0.2) is 59.4 Å². The van der Waals surface area contributed by atoms with Crippen LogP contribution in [-0.2, 0) is 31.6 Å². The van der Waals surface area contributed by atoms with E-state index >= 15 is 0 Å². The first kappa shape index (κ1) is 22.7. The van der Waals surface area contributed by atoms with Gasteiger partial charge in [-0.2, -0.15) is 0 Å². The maximum absolute atomic E-state index is 12.5. The third-order valence-corrected chi connectivity index (χ3v) is 5.30. The van der Waals surface area contributed by atoms with E-state index in [4.69, 9.17) is 16.3 Å². The minimum absolute atomic E-state index is 0.176. The number of aromatic nitrogens is 1. The maximum Gasteiger partial charge on any atom is 0.252 e. The molecule has 0 radical (unpaired) electrons. The fraction of sp³-hybridized carbons (Fsp3) is 0.261. The number of rotatable bonds is 9. The summed E-state index contributed by atoms with van der Waals surface area (Å²) in [5, 5.41) is 10.5. The molecule has 0 fully saturated rings. The Morgan fingerprint density at radius 3 is 2.48 bits per heavy atom. The Balaban J connectivity index is 1.77. The highest BCUT2D eigenvalue weighted by Crippen LogP contribution is 2.23. The van der Waals surface area contributed by atoms with E-state index < -0.39 is 0 Å². The molecule has 0 atom stereocenters. The van der Waals surface area contributed by atoms with Gasteiger partial charge in [0.2, 0.25) is 0 Å². The lowest BCUT2D eigenvalue weighted by atomic mass is 10.1. The zero-order valence-electron chi connectivity index (χ0n) is 17.9. The van der Waals surface area contributed by atoms with Gasteiger partial charge in [-0.05, 0) is 29.8 Å². The zero-order chi connectivity index (χ0) is 22.4. The number of hydrogen-bond acceptors (Lipinski definition) is 6. The summed E-state index contributed by atoms with van der Waals surface area (Å²) in [6, 6.07) is 16.7. The molecule has 3 rings (SSSR count). The van der Waals surface area contributed by atoms with Gasteiger partial charge in [-0.1, -0.05) is 35.9 Å². The van der Waals surface area contributed by atoms with E-state index in [1.165, 1.54) is 10.6 Å². The van der Waals surface area contributed by atoms with Crippen molar-refractivity contribution in [3.63, 3.8) is 0 Å². The number of aliphatic hydroxyl groups excluding tert-OH is 1. The molecule has 3 N–H and O–H groups in total. The molecule has 164 valence electrons. The molecule has 0 amide bonds. The average Bonchev–Trinajstić information content (AvgIpc) is 2.76. The van der Waals surface area contributed by atoms with Crippen molar-refractivity contribution in [2.24, 2.45) is 7.05 Å².